The molecule has 0 N–H and O–H groups in total. The van der Waals surface area contributed by atoms with Crippen LogP contribution < -0.4 is 0 Å². The maximum Gasteiger partial charge on any atom is 0.162 e. The summed E-state index contributed by atoms with van der Waals surface area (Å²) in [4.78, 5) is 15.6. The van der Waals surface area contributed by atoms with Crippen LogP contribution in [0, 0.1) is 0 Å². The average Bonchev–Trinajstić information content (AvgIpc) is 2.82. The smallest absolute Gasteiger partial charge is 0.162 e. The molecular weight excluding hydrogens is 206 g/mol. The first-order chi connectivity index (χ1) is 7.31. The molecular formula is C12H11NOS. The molecule has 0 atom stereocenters. The van der Waals surface area contributed by atoms with E-state index < -0.39 is 0 Å². The fourth-order valence-electron chi connectivity index (χ4n) is 1.37. The fourth-order valence-corrected chi connectivity index (χ4v) is 2.01. The van der Waals surface area contributed by atoms with Crippen molar-refractivity contribution in [2.45, 2.75) is 13.3 Å². The van der Waals surface area contributed by atoms with Crippen LogP contribution in [0.5, 0.6) is 0 Å². The Kier molecular flexibility index (Phi) is 2.92. The van der Waals surface area contributed by atoms with Crippen molar-refractivity contribution in [3.8, 4) is 10.6 Å². The number of benzene rings is 1. The highest BCUT2D eigenvalue weighted by Gasteiger charge is 2.04. The molecule has 0 spiro atoms. The van der Waals surface area contributed by atoms with Gasteiger partial charge in [-0.1, -0.05) is 31.2 Å². The van der Waals surface area contributed by atoms with Crippen LogP contribution in [0.2, 0.25) is 0 Å². The molecule has 0 saturated carbocycles. The van der Waals surface area contributed by atoms with E-state index in [1.165, 1.54) is 0 Å². The Hall–Kier alpha value is -1.48. The lowest BCUT2D eigenvalue weighted by Gasteiger charge is -1.99. The van der Waals surface area contributed by atoms with E-state index in [0.717, 1.165) is 16.1 Å². The van der Waals surface area contributed by atoms with E-state index in [1.807, 2.05) is 36.6 Å². The van der Waals surface area contributed by atoms with E-state index >= 15 is 0 Å². The second-order valence-corrected chi connectivity index (χ2v) is 4.09. The molecule has 0 aliphatic carbocycles. The number of ketones is 1. The molecule has 1 aromatic carbocycles. The third-order valence-electron chi connectivity index (χ3n) is 2.21. The maximum atomic E-state index is 11.4. The van der Waals surface area contributed by atoms with Crippen LogP contribution in [-0.2, 0) is 0 Å². The molecule has 76 valence electrons. The molecule has 15 heavy (non-hydrogen) atoms. The highest BCUT2D eigenvalue weighted by atomic mass is 32.1. The lowest BCUT2D eigenvalue weighted by molar-refractivity contribution is 0.0988. The van der Waals surface area contributed by atoms with E-state index in [1.54, 1.807) is 17.5 Å². The normalized spacial score (nSPS) is 10.2. The third kappa shape index (κ3) is 2.13. The minimum Gasteiger partial charge on any atom is -0.294 e. The monoisotopic (exact) mass is 217 g/mol. The van der Waals surface area contributed by atoms with Gasteiger partial charge in [0.1, 0.15) is 5.01 Å². The van der Waals surface area contributed by atoms with Crippen LogP contribution in [0.15, 0.2) is 35.8 Å². The SMILES string of the molecule is CCC(=O)c1ccc(-c2nccs2)cc1. The summed E-state index contributed by atoms with van der Waals surface area (Å²) in [6.45, 7) is 1.87. The summed E-state index contributed by atoms with van der Waals surface area (Å²) in [6.07, 6.45) is 2.34. The minimum absolute atomic E-state index is 0.181. The molecule has 1 aromatic heterocycles. The number of carbonyl (C=O) groups excluding carboxylic acids is 1. The molecule has 1 heterocycles. The molecule has 0 bridgehead atoms. The first-order valence-electron chi connectivity index (χ1n) is 4.84. The molecule has 0 aliphatic rings. The van der Waals surface area contributed by atoms with Crippen molar-refractivity contribution in [2.24, 2.45) is 0 Å². The number of nitrogens with zero attached hydrogens (tertiary/aromatic N) is 1. The molecule has 0 fully saturated rings. The molecule has 2 aromatic rings. The largest absolute Gasteiger partial charge is 0.294 e. The van der Waals surface area contributed by atoms with Crippen molar-refractivity contribution in [1.82, 2.24) is 4.98 Å². The molecule has 0 unspecified atom stereocenters. The van der Waals surface area contributed by atoms with Crippen molar-refractivity contribution in [3.05, 3.63) is 41.4 Å². The third-order valence-corrected chi connectivity index (χ3v) is 3.03. The van der Waals surface area contributed by atoms with Gasteiger partial charge in [-0.25, -0.2) is 4.98 Å². The standard InChI is InChI=1S/C12H11NOS/c1-2-11(14)9-3-5-10(6-4-9)12-13-7-8-15-12/h3-8H,2H2,1H3. The second-order valence-electron chi connectivity index (χ2n) is 3.19. The van der Waals surface area contributed by atoms with Crippen molar-refractivity contribution >= 4 is 17.1 Å². The molecule has 0 aliphatic heterocycles. The fraction of sp³-hybridized carbons (Fsp3) is 0.167. The van der Waals surface area contributed by atoms with Crippen molar-refractivity contribution in [1.29, 1.82) is 0 Å². The van der Waals surface area contributed by atoms with E-state index in [9.17, 15) is 4.79 Å². The van der Waals surface area contributed by atoms with Crippen molar-refractivity contribution < 1.29 is 4.79 Å². The lowest BCUT2D eigenvalue weighted by atomic mass is 10.1. The maximum absolute atomic E-state index is 11.4. The molecule has 0 saturated heterocycles. The summed E-state index contributed by atoms with van der Waals surface area (Å²) in [5, 5.41) is 2.94. The second kappa shape index (κ2) is 4.36. The molecule has 0 amide bonds. The van der Waals surface area contributed by atoms with E-state index in [4.69, 9.17) is 0 Å². The van der Waals surface area contributed by atoms with Gasteiger partial charge in [-0.3, -0.25) is 4.79 Å². The zero-order valence-corrected chi connectivity index (χ0v) is 9.25. The zero-order chi connectivity index (χ0) is 10.7. The van der Waals surface area contributed by atoms with Gasteiger partial charge in [-0.05, 0) is 0 Å². The number of carbonyl (C=O) groups is 1. The highest BCUT2D eigenvalue weighted by molar-refractivity contribution is 7.13. The van der Waals surface area contributed by atoms with Crippen molar-refractivity contribution in [2.75, 3.05) is 0 Å². The topological polar surface area (TPSA) is 30.0 Å². The Labute approximate surface area is 92.6 Å². The van der Waals surface area contributed by atoms with Gasteiger partial charge < -0.3 is 0 Å². The summed E-state index contributed by atoms with van der Waals surface area (Å²) in [7, 11) is 0. The van der Waals surface area contributed by atoms with Crippen LogP contribution in [0.4, 0.5) is 0 Å². The summed E-state index contributed by atoms with van der Waals surface area (Å²) in [5.41, 5.74) is 1.84. The molecule has 3 heteroatoms. The Bertz CT molecular complexity index is 445. The lowest BCUT2D eigenvalue weighted by Crippen LogP contribution is -1.95. The summed E-state index contributed by atoms with van der Waals surface area (Å²) in [6, 6.07) is 7.62. The number of thiazole rings is 1. The Morgan fingerprint density at radius 2 is 2.07 bits per heavy atom. The highest BCUT2D eigenvalue weighted by Crippen LogP contribution is 2.22. The number of hydrogen-bond acceptors (Lipinski definition) is 3. The Morgan fingerprint density at radius 1 is 1.33 bits per heavy atom. The summed E-state index contributed by atoms with van der Waals surface area (Å²) < 4.78 is 0. The number of Topliss-reactive ketones (excluding diaryl/α,β-unsaturated/α-hetero) is 1. The van der Waals surface area contributed by atoms with Gasteiger partial charge in [-0.15, -0.1) is 11.3 Å². The quantitative estimate of drug-likeness (QED) is 0.737. The Morgan fingerprint density at radius 3 is 2.60 bits per heavy atom. The van der Waals surface area contributed by atoms with Crippen LogP contribution in [0.3, 0.4) is 0 Å². The van der Waals surface area contributed by atoms with Gasteiger partial charge in [0.05, 0.1) is 0 Å². The summed E-state index contributed by atoms with van der Waals surface area (Å²) >= 11 is 1.60. The van der Waals surface area contributed by atoms with Gasteiger partial charge in [0.15, 0.2) is 5.78 Å². The van der Waals surface area contributed by atoms with E-state index in [2.05, 4.69) is 4.98 Å². The van der Waals surface area contributed by atoms with Gasteiger partial charge in [0, 0.05) is 29.1 Å². The van der Waals surface area contributed by atoms with Crippen LogP contribution >= 0.6 is 11.3 Å². The van der Waals surface area contributed by atoms with Gasteiger partial charge in [0.2, 0.25) is 0 Å². The van der Waals surface area contributed by atoms with Crippen LogP contribution in [0.1, 0.15) is 23.7 Å². The average molecular weight is 217 g/mol. The van der Waals surface area contributed by atoms with Crippen molar-refractivity contribution in [3.63, 3.8) is 0 Å². The number of rotatable bonds is 3. The zero-order valence-electron chi connectivity index (χ0n) is 8.43. The number of aromatic nitrogens is 1. The molecule has 2 nitrogen and oxygen atoms in total. The summed E-state index contributed by atoms with van der Waals surface area (Å²) in [5.74, 6) is 0.181. The van der Waals surface area contributed by atoms with E-state index in [0.29, 0.717) is 6.42 Å². The predicted octanol–water partition coefficient (Wildman–Crippen LogP) is 3.40. The van der Waals surface area contributed by atoms with Gasteiger partial charge in [-0.2, -0.15) is 0 Å². The van der Waals surface area contributed by atoms with Crippen LogP contribution in [-0.4, -0.2) is 10.8 Å². The predicted molar refractivity (Wildman–Crippen MR) is 62.2 cm³/mol. The minimum atomic E-state index is 0.181. The van der Waals surface area contributed by atoms with Gasteiger partial charge >= 0.3 is 0 Å². The first-order valence-corrected chi connectivity index (χ1v) is 5.72. The number of hydrogen-bond donors (Lipinski definition) is 0. The Balaban J connectivity index is 2.29. The molecule has 2 rings (SSSR count). The first kappa shape index (κ1) is 10.1. The molecule has 0 radical (unpaired) electrons. The van der Waals surface area contributed by atoms with E-state index in [-0.39, 0.29) is 5.78 Å². The van der Waals surface area contributed by atoms with Crippen LogP contribution in [0.25, 0.3) is 10.6 Å². The van der Waals surface area contributed by atoms with Gasteiger partial charge in [0.25, 0.3) is 0 Å².